The standard InChI is InChI=1S/C19H25N3O3/c1-2-22-16-9-4-3-8-15(16)21-17(22)10-11-20-18(23)13-6-5-7-14(12-13)19(24)25/h3-4,8-9,13-14H,2,5-7,10-12H2,1H3,(H,20,23)(H,24,25). The summed E-state index contributed by atoms with van der Waals surface area (Å²) in [5.41, 5.74) is 2.09. The van der Waals surface area contributed by atoms with Gasteiger partial charge in [0.1, 0.15) is 5.82 Å². The average Bonchev–Trinajstić information content (AvgIpc) is 2.99. The number of aliphatic carboxylic acids is 1. The molecule has 1 amide bonds. The third-order valence-electron chi connectivity index (χ3n) is 5.09. The Kier molecular flexibility index (Phi) is 5.36. The van der Waals surface area contributed by atoms with Crippen molar-refractivity contribution in [3.63, 3.8) is 0 Å². The summed E-state index contributed by atoms with van der Waals surface area (Å²) in [6, 6.07) is 8.03. The molecule has 0 bridgehead atoms. The van der Waals surface area contributed by atoms with Gasteiger partial charge in [-0.2, -0.15) is 0 Å². The number of aryl methyl sites for hydroxylation is 1. The smallest absolute Gasteiger partial charge is 0.306 e. The SMILES string of the molecule is CCn1c(CCNC(=O)C2CCCC(C(=O)O)C2)nc2ccccc21. The van der Waals surface area contributed by atoms with Crippen LogP contribution in [0, 0.1) is 11.8 Å². The van der Waals surface area contributed by atoms with Crippen molar-refractivity contribution in [3.8, 4) is 0 Å². The maximum absolute atomic E-state index is 12.4. The molecule has 0 aliphatic heterocycles. The quantitative estimate of drug-likeness (QED) is 0.844. The molecule has 0 radical (unpaired) electrons. The fourth-order valence-electron chi connectivity index (χ4n) is 3.76. The van der Waals surface area contributed by atoms with E-state index in [2.05, 4.69) is 27.9 Å². The lowest BCUT2D eigenvalue weighted by Gasteiger charge is -2.25. The van der Waals surface area contributed by atoms with Gasteiger partial charge in [0.15, 0.2) is 0 Å². The first kappa shape index (κ1) is 17.5. The number of para-hydroxylation sites is 2. The number of carbonyl (C=O) groups is 2. The Bertz CT molecular complexity index is 768. The van der Waals surface area contributed by atoms with Crippen molar-refractivity contribution in [3.05, 3.63) is 30.1 Å². The number of carboxylic acid groups (broad SMARTS) is 1. The molecule has 0 spiro atoms. The van der Waals surface area contributed by atoms with Crippen LogP contribution in [0.4, 0.5) is 0 Å². The molecule has 6 nitrogen and oxygen atoms in total. The van der Waals surface area contributed by atoms with Gasteiger partial charge in [0.2, 0.25) is 5.91 Å². The van der Waals surface area contributed by atoms with Gasteiger partial charge in [0.05, 0.1) is 17.0 Å². The molecular weight excluding hydrogens is 318 g/mol. The molecule has 2 unspecified atom stereocenters. The summed E-state index contributed by atoms with van der Waals surface area (Å²) >= 11 is 0. The van der Waals surface area contributed by atoms with Gasteiger partial charge in [-0.3, -0.25) is 9.59 Å². The van der Waals surface area contributed by atoms with Gasteiger partial charge in [-0.25, -0.2) is 4.98 Å². The zero-order valence-electron chi connectivity index (χ0n) is 14.6. The van der Waals surface area contributed by atoms with E-state index in [-0.39, 0.29) is 17.7 Å². The van der Waals surface area contributed by atoms with E-state index in [0.29, 0.717) is 25.8 Å². The minimum atomic E-state index is -0.783. The van der Waals surface area contributed by atoms with Crippen molar-refractivity contribution in [2.24, 2.45) is 11.8 Å². The normalized spacial score (nSPS) is 20.5. The summed E-state index contributed by atoms with van der Waals surface area (Å²) in [5, 5.41) is 12.1. The van der Waals surface area contributed by atoms with Gasteiger partial charge in [0.25, 0.3) is 0 Å². The molecular formula is C19H25N3O3. The van der Waals surface area contributed by atoms with E-state index in [9.17, 15) is 9.59 Å². The highest BCUT2D eigenvalue weighted by molar-refractivity contribution is 5.80. The van der Waals surface area contributed by atoms with E-state index in [1.807, 2.05) is 18.2 Å². The van der Waals surface area contributed by atoms with Gasteiger partial charge in [-0.05, 0) is 38.3 Å². The molecule has 1 heterocycles. The fourth-order valence-corrected chi connectivity index (χ4v) is 3.76. The maximum atomic E-state index is 12.4. The minimum absolute atomic E-state index is 0.0230. The Morgan fingerprint density at radius 2 is 2.04 bits per heavy atom. The lowest BCUT2D eigenvalue weighted by Crippen LogP contribution is -2.36. The molecule has 1 saturated carbocycles. The molecule has 1 aromatic carbocycles. The van der Waals surface area contributed by atoms with E-state index in [1.54, 1.807) is 0 Å². The second kappa shape index (κ2) is 7.68. The number of carboxylic acids is 1. The summed E-state index contributed by atoms with van der Waals surface area (Å²) in [6.45, 7) is 3.45. The first-order valence-corrected chi connectivity index (χ1v) is 9.04. The minimum Gasteiger partial charge on any atom is -0.481 e. The van der Waals surface area contributed by atoms with Crippen LogP contribution in [0.25, 0.3) is 11.0 Å². The van der Waals surface area contributed by atoms with Crippen molar-refractivity contribution >= 4 is 22.9 Å². The van der Waals surface area contributed by atoms with Crippen LogP contribution in [-0.2, 0) is 22.6 Å². The van der Waals surface area contributed by atoms with Crippen LogP contribution in [0.5, 0.6) is 0 Å². The molecule has 2 aromatic rings. The number of carbonyl (C=O) groups excluding carboxylic acids is 1. The second-order valence-corrected chi connectivity index (χ2v) is 6.70. The topological polar surface area (TPSA) is 84.2 Å². The molecule has 2 atom stereocenters. The van der Waals surface area contributed by atoms with Crippen LogP contribution in [0.2, 0.25) is 0 Å². The summed E-state index contributed by atoms with van der Waals surface area (Å²) in [7, 11) is 0. The predicted molar refractivity (Wildman–Crippen MR) is 95.2 cm³/mol. The number of benzene rings is 1. The van der Waals surface area contributed by atoms with Gasteiger partial charge >= 0.3 is 5.97 Å². The Morgan fingerprint density at radius 3 is 2.80 bits per heavy atom. The van der Waals surface area contributed by atoms with Crippen molar-refractivity contribution in [1.82, 2.24) is 14.9 Å². The monoisotopic (exact) mass is 343 g/mol. The van der Waals surface area contributed by atoms with Gasteiger partial charge in [-0.1, -0.05) is 18.6 Å². The molecule has 3 rings (SSSR count). The van der Waals surface area contributed by atoms with Crippen LogP contribution >= 0.6 is 0 Å². The lowest BCUT2D eigenvalue weighted by molar-refractivity contribution is -0.144. The molecule has 1 aliphatic carbocycles. The molecule has 25 heavy (non-hydrogen) atoms. The van der Waals surface area contributed by atoms with E-state index in [1.165, 1.54) is 0 Å². The number of hydrogen-bond donors (Lipinski definition) is 2. The zero-order chi connectivity index (χ0) is 17.8. The molecule has 1 aromatic heterocycles. The van der Waals surface area contributed by atoms with Crippen LogP contribution < -0.4 is 5.32 Å². The highest BCUT2D eigenvalue weighted by atomic mass is 16.4. The lowest BCUT2D eigenvalue weighted by atomic mass is 9.81. The van der Waals surface area contributed by atoms with Gasteiger partial charge < -0.3 is 15.0 Å². The Balaban J connectivity index is 1.57. The number of amides is 1. The molecule has 6 heteroatoms. The van der Waals surface area contributed by atoms with Crippen molar-refractivity contribution in [1.29, 1.82) is 0 Å². The predicted octanol–water partition coefficient (Wildman–Crippen LogP) is 2.61. The van der Waals surface area contributed by atoms with Crippen molar-refractivity contribution in [2.45, 2.75) is 45.6 Å². The Labute approximate surface area is 147 Å². The van der Waals surface area contributed by atoms with Crippen LogP contribution in [0.15, 0.2) is 24.3 Å². The maximum Gasteiger partial charge on any atom is 0.306 e. The fraction of sp³-hybridized carbons (Fsp3) is 0.526. The highest BCUT2D eigenvalue weighted by Gasteiger charge is 2.30. The largest absolute Gasteiger partial charge is 0.481 e. The van der Waals surface area contributed by atoms with Crippen molar-refractivity contribution < 1.29 is 14.7 Å². The third kappa shape index (κ3) is 3.83. The van der Waals surface area contributed by atoms with E-state index < -0.39 is 5.97 Å². The second-order valence-electron chi connectivity index (χ2n) is 6.70. The number of hydrogen-bond acceptors (Lipinski definition) is 3. The van der Waals surface area contributed by atoms with E-state index >= 15 is 0 Å². The average molecular weight is 343 g/mol. The molecule has 1 aliphatic rings. The molecule has 1 fully saturated rings. The number of aromatic nitrogens is 2. The first-order valence-electron chi connectivity index (χ1n) is 9.04. The molecule has 134 valence electrons. The number of rotatable bonds is 6. The number of imidazole rings is 1. The van der Waals surface area contributed by atoms with Crippen molar-refractivity contribution in [2.75, 3.05) is 6.54 Å². The van der Waals surface area contributed by atoms with E-state index in [4.69, 9.17) is 5.11 Å². The number of nitrogens with zero attached hydrogens (tertiary/aromatic N) is 2. The highest BCUT2D eigenvalue weighted by Crippen LogP contribution is 2.29. The van der Waals surface area contributed by atoms with Crippen LogP contribution in [-0.4, -0.2) is 33.1 Å². The van der Waals surface area contributed by atoms with E-state index in [0.717, 1.165) is 36.2 Å². The Hall–Kier alpha value is -2.37. The Morgan fingerprint density at radius 1 is 1.28 bits per heavy atom. The third-order valence-corrected chi connectivity index (χ3v) is 5.09. The summed E-state index contributed by atoms with van der Waals surface area (Å²) in [4.78, 5) is 28.1. The summed E-state index contributed by atoms with van der Waals surface area (Å²) < 4.78 is 2.17. The molecule has 0 saturated heterocycles. The van der Waals surface area contributed by atoms with Crippen LogP contribution in [0.3, 0.4) is 0 Å². The summed E-state index contributed by atoms with van der Waals surface area (Å²) in [6.07, 6.45) is 3.39. The molecule has 2 N–H and O–H groups in total. The first-order chi connectivity index (χ1) is 12.1. The van der Waals surface area contributed by atoms with Gasteiger partial charge in [-0.15, -0.1) is 0 Å². The van der Waals surface area contributed by atoms with Gasteiger partial charge in [0, 0.05) is 25.4 Å². The zero-order valence-corrected chi connectivity index (χ0v) is 14.6. The number of fused-ring (bicyclic) bond motifs is 1. The number of nitrogens with one attached hydrogen (secondary N) is 1. The van der Waals surface area contributed by atoms with Crippen LogP contribution in [0.1, 0.15) is 38.4 Å². The summed E-state index contributed by atoms with van der Waals surface area (Å²) in [5.74, 6) is -0.399.